The van der Waals surface area contributed by atoms with E-state index in [4.69, 9.17) is 15.2 Å². The van der Waals surface area contributed by atoms with Gasteiger partial charge in [0.15, 0.2) is 0 Å². The highest BCUT2D eigenvalue weighted by atomic mass is 127. The summed E-state index contributed by atoms with van der Waals surface area (Å²) < 4.78 is 36.9. The van der Waals surface area contributed by atoms with E-state index >= 15 is 0 Å². The van der Waals surface area contributed by atoms with Crippen molar-refractivity contribution in [2.45, 2.75) is 18.7 Å². The van der Waals surface area contributed by atoms with Crippen molar-refractivity contribution < 1.29 is 17.9 Å². The van der Waals surface area contributed by atoms with Crippen LogP contribution < -0.4 is 10.5 Å². The van der Waals surface area contributed by atoms with Crippen LogP contribution in [0.2, 0.25) is 0 Å². The van der Waals surface area contributed by atoms with E-state index in [1.165, 1.54) is 0 Å². The summed E-state index contributed by atoms with van der Waals surface area (Å²) in [4.78, 5) is 0.282. The fraction of sp³-hybridized carbons (Fsp3) is 0.571. The van der Waals surface area contributed by atoms with Crippen LogP contribution in [0.5, 0.6) is 0 Å². The lowest BCUT2D eigenvalue weighted by Gasteiger charge is -2.06. The lowest BCUT2D eigenvalue weighted by atomic mass is 10.4. The highest BCUT2D eigenvalue weighted by molar-refractivity contribution is 14.1. The lowest BCUT2D eigenvalue weighted by Crippen LogP contribution is -2.27. The molecule has 0 amide bonds. The van der Waals surface area contributed by atoms with Crippen molar-refractivity contribution in [3.05, 3.63) is 27.8 Å². The maximum atomic E-state index is 11.7. The number of rotatable bonds is 9. The summed E-state index contributed by atoms with van der Waals surface area (Å²) in [5.74, 6) is 0. The molecule has 0 saturated heterocycles. The summed E-state index contributed by atoms with van der Waals surface area (Å²) in [7, 11) is -3.39. The van der Waals surface area contributed by atoms with Gasteiger partial charge in [0.05, 0.1) is 18.1 Å². The molecule has 0 heterocycles. The Hall–Kier alpha value is -0.260. The van der Waals surface area contributed by atoms with Crippen LogP contribution >= 0.6 is 22.6 Å². The lowest BCUT2D eigenvalue weighted by molar-refractivity contribution is 0.153. The van der Waals surface area contributed by atoms with E-state index in [9.17, 15) is 8.42 Å². The van der Waals surface area contributed by atoms with Crippen LogP contribution in [-0.2, 0) is 19.5 Å². The molecule has 0 bridgehead atoms. The van der Waals surface area contributed by atoms with E-state index in [0.29, 0.717) is 32.9 Å². The van der Waals surface area contributed by atoms with Crippen molar-refractivity contribution in [2.75, 3.05) is 39.5 Å². The summed E-state index contributed by atoms with van der Waals surface area (Å²) in [5, 5.41) is 0. The van der Waals surface area contributed by atoms with E-state index in [-0.39, 0.29) is 4.90 Å². The Balaban J connectivity index is 0.000000626. The monoisotopic (exact) mass is 444 g/mol. The van der Waals surface area contributed by atoms with Crippen LogP contribution in [0.3, 0.4) is 0 Å². The molecule has 6 nitrogen and oxygen atoms in total. The first kappa shape index (κ1) is 21.7. The van der Waals surface area contributed by atoms with Gasteiger partial charge < -0.3 is 15.2 Å². The second-order valence-electron chi connectivity index (χ2n) is 4.03. The van der Waals surface area contributed by atoms with Gasteiger partial charge in [-0.1, -0.05) is 0 Å². The van der Waals surface area contributed by atoms with E-state index in [0.717, 1.165) is 10.2 Å². The fourth-order valence-electron chi connectivity index (χ4n) is 1.32. The molecule has 0 aliphatic rings. The van der Waals surface area contributed by atoms with Gasteiger partial charge in [0.25, 0.3) is 0 Å². The van der Waals surface area contributed by atoms with Crippen molar-refractivity contribution in [3.8, 4) is 0 Å². The number of benzene rings is 1. The summed E-state index contributed by atoms with van der Waals surface area (Å²) in [6.45, 7) is 7.19. The molecule has 1 rings (SSSR count). The summed E-state index contributed by atoms with van der Waals surface area (Å²) in [6, 6.07) is 6.70. The van der Waals surface area contributed by atoms with E-state index < -0.39 is 10.0 Å². The van der Waals surface area contributed by atoms with E-state index in [1.54, 1.807) is 24.3 Å². The molecule has 0 aromatic heterocycles. The molecule has 1 aromatic carbocycles. The third-order valence-electron chi connectivity index (χ3n) is 2.33. The van der Waals surface area contributed by atoms with Crippen molar-refractivity contribution in [3.63, 3.8) is 0 Å². The molecule has 0 aliphatic carbocycles. The second kappa shape index (κ2) is 13.2. The van der Waals surface area contributed by atoms with Crippen molar-refractivity contribution in [2.24, 2.45) is 5.73 Å². The van der Waals surface area contributed by atoms with Crippen LogP contribution in [0, 0.1) is 3.57 Å². The van der Waals surface area contributed by atoms with Crippen LogP contribution in [0.1, 0.15) is 13.8 Å². The molecule has 8 heteroatoms. The number of halogens is 1. The molecule has 0 aliphatic heterocycles. The molecular weight excluding hydrogens is 419 g/mol. The Labute approximate surface area is 146 Å². The topological polar surface area (TPSA) is 90.7 Å². The smallest absolute Gasteiger partial charge is 0.240 e. The highest BCUT2D eigenvalue weighted by Gasteiger charge is 2.12. The Kier molecular flexibility index (Phi) is 13.0. The minimum absolute atomic E-state index is 0.282. The Morgan fingerprint density at radius 3 is 2.09 bits per heavy atom. The Morgan fingerprint density at radius 2 is 1.64 bits per heavy atom. The summed E-state index contributed by atoms with van der Waals surface area (Å²) >= 11 is 2.13. The van der Waals surface area contributed by atoms with Gasteiger partial charge in [-0.15, -0.1) is 0 Å². The fourth-order valence-corrected chi connectivity index (χ4v) is 2.69. The number of hydrogen-bond acceptors (Lipinski definition) is 5. The third-order valence-corrected chi connectivity index (χ3v) is 4.53. The molecular formula is C14H25IN2O4S. The van der Waals surface area contributed by atoms with E-state index in [2.05, 4.69) is 27.3 Å². The van der Waals surface area contributed by atoms with E-state index in [1.807, 2.05) is 13.8 Å². The first-order valence-electron chi connectivity index (χ1n) is 7.08. The zero-order valence-corrected chi connectivity index (χ0v) is 16.0. The second-order valence-corrected chi connectivity index (χ2v) is 7.05. The van der Waals surface area contributed by atoms with Gasteiger partial charge in [0, 0.05) is 29.9 Å². The average Bonchev–Trinajstić information content (AvgIpc) is 2.50. The Bertz CT molecular complexity index is 476. The summed E-state index contributed by atoms with van der Waals surface area (Å²) in [5.41, 5.74) is 5.09. The molecule has 0 radical (unpaired) electrons. The summed E-state index contributed by atoms with van der Waals surface area (Å²) in [6.07, 6.45) is 0. The molecule has 1 aromatic rings. The van der Waals surface area contributed by atoms with Crippen molar-refractivity contribution >= 4 is 32.6 Å². The van der Waals surface area contributed by atoms with Crippen LogP contribution in [0.25, 0.3) is 0 Å². The number of nitrogens with one attached hydrogen (secondary N) is 1. The molecule has 22 heavy (non-hydrogen) atoms. The van der Waals surface area contributed by atoms with Crippen molar-refractivity contribution in [1.82, 2.24) is 4.72 Å². The van der Waals surface area contributed by atoms with Crippen LogP contribution in [0.4, 0.5) is 0 Å². The molecule has 0 atom stereocenters. The number of sulfonamides is 1. The zero-order valence-electron chi connectivity index (χ0n) is 13.0. The van der Waals surface area contributed by atoms with Gasteiger partial charge >= 0.3 is 0 Å². The predicted octanol–water partition coefficient (Wildman–Crippen LogP) is 1.59. The number of nitrogens with two attached hydrogens (primary N) is 1. The third kappa shape index (κ3) is 10.5. The maximum absolute atomic E-state index is 11.7. The minimum Gasteiger partial charge on any atom is -0.380 e. The number of hydrogen-bond donors (Lipinski definition) is 2. The van der Waals surface area contributed by atoms with Gasteiger partial charge in [-0.05, 0) is 60.7 Å². The zero-order chi connectivity index (χ0) is 16.8. The van der Waals surface area contributed by atoms with Crippen LogP contribution in [-0.4, -0.2) is 47.9 Å². The Morgan fingerprint density at radius 1 is 1.09 bits per heavy atom. The standard InChI is InChI=1S/C10H14INO3S.C4H11NO/c1-2-15-8-7-12-16(13,14)10-5-3-9(11)4-6-10;1-2-6-4-3-5/h3-6,12H,2,7-8H2,1H3;2-5H2,1H3. The molecule has 0 fully saturated rings. The molecule has 0 saturated carbocycles. The number of ether oxygens (including phenoxy) is 2. The van der Waals surface area contributed by atoms with Gasteiger partial charge in [0.2, 0.25) is 10.0 Å². The first-order chi connectivity index (χ1) is 10.5. The van der Waals surface area contributed by atoms with Crippen LogP contribution in [0.15, 0.2) is 29.2 Å². The van der Waals surface area contributed by atoms with Gasteiger partial charge in [-0.2, -0.15) is 0 Å². The van der Waals surface area contributed by atoms with Crippen molar-refractivity contribution in [1.29, 1.82) is 0 Å². The highest BCUT2D eigenvalue weighted by Crippen LogP contribution is 2.11. The molecule has 128 valence electrons. The normalized spacial score (nSPS) is 10.9. The van der Waals surface area contributed by atoms with Gasteiger partial charge in [-0.3, -0.25) is 0 Å². The largest absolute Gasteiger partial charge is 0.380 e. The molecule has 0 spiro atoms. The molecule has 0 unspecified atom stereocenters. The average molecular weight is 444 g/mol. The van der Waals surface area contributed by atoms with Gasteiger partial charge in [-0.25, -0.2) is 13.1 Å². The minimum atomic E-state index is -3.39. The predicted molar refractivity (Wildman–Crippen MR) is 96.4 cm³/mol. The quantitative estimate of drug-likeness (QED) is 0.446. The SMILES string of the molecule is CCOCCN.CCOCCNS(=O)(=O)c1ccc(I)cc1. The first-order valence-corrected chi connectivity index (χ1v) is 9.64. The van der Waals surface area contributed by atoms with Gasteiger partial charge in [0.1, 0.15) is 0 Å². The molecule has 3 N–H and O–H groups in total. The maximum Gasteiger partial charge on any atom is 0.240 e.